The van der Waals surface area contributed by atoms with E-state index in [9.17, 15) is 9.59 Å². The van der Waals surface area contributed by atoms with Crippen LogP contribution in [0.2, 0.25) is 0 Å². The van der Waals surface area contributed by atoms with Crippen molar-refractivity contribution >= 4 is 16.9 Å². The molecule has 106 valence electrons. The Hall–Kier alpha value is -2.37. The van der Waals surface area contributed by atoms with E-state index in [1.54, 1.807) is 18.2 Å². The molecule has 0 aliphatic heterocycles. The number of nitrogens with zero attached hydrogens (tertiary/aromatic N) is 2. The number of hydrogen-bond acceptors (Lipinski definition) is 3. The Morgan fingerprint density at radius 1 is 1.30 bits per heavy atom. The number of carbonyl (C=O) groups is 1. The van der Waals surface area contributed by atoms with Crippen LogP contribution in [0.3, 0.4) is 0 Å². The zero-order valence-corrected chi connectivity index (χ0v) is 11.4. The second-order valence-electron chi connectivity index (χ2n) is 4.51. The number of fused-ring (bicyclic) bond motifs is 1. The van der Waals surface area contributed by atoms with Crippen molar-refractivity contribution in [3.63, 3.8) is 0 Å². The molecule has 1 heterocycles. The molecule has 0 unspecified atom stereocenters. The average Bonchev–Trinajstić information content (AvgIpc) is 2.47. The van der Waals surface area contributed by atoms with E-state index in [4.69, 9.17) is 0 Å². The van der Waals surface area contributed by atoms with Crippen LogP contribution in [0, 0.1) is 0 Å². The molecular weight excluding hydrogens is 256 g/mol. The third-order valence-electron chi connectivity index (χ3n) is 2.95. The third kappa shape index (κ3) is 3.34. The van der Waals surface area contributed by atoms with Gasteiger partial charge >= 0.3 is 6.03 Å². The van der Waals surface area contributed by atoms with Crippen LogP contribution in [-0.4, -0.2) is 22.2 Å². The van der Waals surface area contributed by atoms with Gasteiger partial charge < -0.3 is 5.32 Å². The summed E-state index contributed by atoms with van der Waals surface area (Å²) in [7, 11) is 0. The molecule has 0 aliphatic rings. The lowest BCUT2D eigenvalue weighted by atomic mass is 10.2. The molecule has 0 bridgehead atoms. The lowest BCUT2D eigenvalue weighted by Crippen LogP contribution is -2.39. The number of benzene rings is 1. The number of para-hydroxylation sites is 1. The summed E-state index contributed by atoms with van der Waals surface area (Å²) < 4.78 is 1.09. The number of nitrogens with one attached hydrogen (secondary N) is 2. The average molecular weight is 274 g/mol. The Labute approximate surface area is 116 Å². The number of unbranched alkanes of at least 4 members (excludes halogenated alkanes) is 2. The van der Waals surface area contributed by atoms with E-state index < -0.39 is 6.03 Å². The van der Waals surface area contributed by atoms with Crippen LogP contribution in [0.25, 0.3) is 10.9 Å². The predicted molar refractivity (Wildman–Crippen MR) is 78.3 cm³/mol. The van der Waals surface area contributed by atoms with E-state index in [-0.39, 0.29) is 5.56 Å². The molecule has 0 aliphatic carbocycles. The molecule has 0 saturated carbocycles. The van der Waals surface area contributed by atoms with Crippen molar-refractivity contribution < 1.29 is 4.79 Å². The Kier molecular flexibility index (Phi) is 4.70. The van der Waals surface area contributed by atoms with Crippen molar-refractivity contribution in [2.75, 3.05) is 12.0 Å². The number of urea groups is 1. The van der Waals surface area contributed by atoms with Crippen molar-refractivity contribution in [3.8, 4) is 0 Å². The first-order valence-electron chi connectivity index (χ1n) is 6.73. The summed E-state index contributed by atoms with van der Waals surface area (Å²) in [4.78, 5) is 27.9. The van der Waals surface area contributed by atoms with Crippen molar-refractivity contribution in [2.24, 2.45) is 0 Å². The Balaban J connectivity index is 2.04. The summed E-state index contributed by atoms with van der Waals surface area (Å²) in [6, 6.07) is 6.61. The fourth-order valence-electron chi connectivity index (χ4n) is 1.87. The molecular formula is C14H18N4O2. The molecule has 2 aromatic rings. The van der Waals surface area contributed by atoms with Crippen LogP contribution >= 0.6 is 0 Å². The van der Waals surface area contributed by atoms with E-state index in [0.29, 0.717) is 17.4 Å². The molecule has 1 aromatic heterocycles. The molecule has 2 N–H and O–H groups in total. The van der Waals surface area contributed by atoms with Crippen molar-refractivity contribution in [2.45, 2.75) is 26.2 Å². The van der Waals surface area contributed by atoms with Gasteiger partial charge in [0.05, 0.1) is 10.9 Å². The largest absolute Gasteiger partial charge is 0.337 e. The highest BCUT2D eigenvalue weighted by molar-refractivity contribution is 5.82. The van der Waals surface area contributed by atoms with E-state index in [1.165, 1.54) is 6.33 Å². The molecule has 0 spiro atoms. The normalized spacial score (nSPS) is 10.4. The molecule has 0 saturated heterocycles. The summed E-state index contributed by atoms with van der Waals surface area (Å²) in [5, 5.41) is 3.18. The minimum Gasteiger partial charge on any atom is -0.337 e. The second kappa shape index (κ2) is 6.70. The summed E-state index contributed by atoms with van der Waals surface area (Å²) >= 11 is 0. The highest BCUT2D eigenvalue weighted by Gasteiger charge is 2.05. The van der Waals surface area contributed by atoms with Gasteiger partial charge in [0.25, 0.3) is 5.56 Å². The first-order chi connectivity index (χ1) is 9.72. The van der Waals surface area contributed by atoms with E-state index in [2.05, 4.69) is 22.7 Å². The van der Waals surface area contributed by atoms with Gasteiger partial charge in [-0.1, -0.05) is 31.9 Å². The molecule has 6 heteroatoms. The molecule has 2 rings (SSSR count). The lowest BCUT2D eigenvalue weighted by molar-refractivity contribution is 0.249. The van der Waals surface area contributed by atoms with Gasteiger partial charge in [-0.15, -0.1) is 0 Å². The number of aromatic nitrogens is 2. The first kappa shape index (κ1) is 14.0. The maximum atomic E-state index is 12.1. The minimum absolute atomic E-state index is 0.292. The van der Waals surface area contributed by atoms with Crippen molar-refractivity contribution in [1.29, 1.82) is 0 Å². The van der Waals surface area contributed by atoms with Gasteiger partial charge in [-0.2, -0.15) is 0 Å². The number of amides is 2. The predicted octanol–water partition coefficient (Wildman–Crippen LogP) is 1.84. The Bertz CT molecular complexity index is 651. The van der Waals surface area contributed by atoms with Gasteiger partial charge in [-0.25, -0.2) is 19.9 Å². The van der Waals surface area contributed by atoms with E-state index in [1.807, 2.05) is 6.07 Å². The van der Waals surface area contributed by atoms with Crippen LogP contribution in [0.1, 0.15) is 26.2 Å². The lowest BCUT2D eigenvalue weighted by Gasteiger charge is -2.09. The maximum Gasteiger partial charge on any atom is 0.334 e. The molecule has 0 atom stereocenters. The van der Waals surface area contributed by atoms with Gasteiger partial charge in [0.2, 0.25) is 0 Å². The Morgan fingerprint density at radius 2 is 2.10 bits per heavy atom. The monoisotopic (exact) mass is 274 g/mol. The number of carbonyl (C=O) groups excluding carboxylic acids is 1. The zero-order valence-electron chi connectivity index (χ0n) is 11.4. The Morgan fingerprint density at radius 3 is 2.90 bits per heavy atom. The summed E-state index contributed by atoms with van der Waals surface area (Å²) in [6.45, 7) is 2.69. The van der Waals surface area contributed by atoms with E-state index >= 15 is 0 Å². The van der Waals surface area contributed by atoms with Crippen molar-refractivity contribution in [1.82, 2.24) is 15.0 Å². The van der Waals surface area contributed by atoms with Gasteiger partial charge in [0.15, 0.2) is 0 Å². The number of hydrogen-bond donors (Lipinski definition) is 2. The van der Waals surface area contributed by atoms with Gasteiger partial charge in [-0.05, 0) is 18.6 Å². The summed E-state index contributed by atoms with van der Waals surface area (Å²) in [5.74, 6) is 0. The van der Waals surface area contributed by atoms with Gasteiger partial charge in [0.1, 0.15) is 6.33 Å². The third-order valence-corrected chi connectivity index (χ3v) is 2.95. The summed E-state index contributed by atoms with van der Waals surface area (Å²) in [5.41, 5.74) is 2.79. The zero-order chi connectivity index (χ0) is 14.4. The SMILES string of the molecule is CCCCCNC(=O)Nn1cnc2ccccc2c1=O. The first-order valence-corrected chi connectivity index (χ1v) is 6.73. The van der Waals surface area contributed by atoms with Crippen LogP contribution < -0.4 is 16.3 Å². The van der Waals surface area contributed by atoms with Crippen molar-refractivity contribution in [3.05, 3.63) is 40.9 Å². The smallest absolute Gasteiger partial charge is 0.334 e. The van der Waals surface area contributed by atoms with Crippen LogP contribution in [-0.2, 0) is 0 Å². The van der Waals surface area contributed by atoms with Crippen LogP contribution in [0.15, 0.2) is 35.4 Å². The molecule has 0 fully saturated rings. The summed E-state index contributed by atoms with van der Waals surface area (Å²) in [6.07, 6.45) is 4.40. The number of rotatable bonds is 5. The fourth-order valence-corrected chi connectivity index (χ4v) is 1.87. The van der Waals surface area contributed by atoms with E-state index in [0.717, 1.165) is 23.9 Å². The minimum atomic E-state index is -0.403. The molecule has 20 heavy (non-hydrogen) atoms. The quantitative estimate of drug-likeness (QED) is 0.817. The molecule has 6 nitrogen and oxygen atoms in total. The molecule has 2 amide bonds. The standard InChI is InChI=1S/C14H18N4O2/c1-2-3-6-9-15-14(20)17-18-10-16-12-8-5-4-7-11(12)13(18)19/h4-5,7-8,10H,2-3,6,9H2,1H3,(H2,15,17,20). The highest BCUT2D eigenvalue weighted by Crippen LogP contribution is 2.03. The molecule has 0 radical (unpaired) electrons. The van der Waals surface area contributed by atoms with Gasteiger partial charge in [0, 0.05) is 6.54 Å². The maximum absolute atomic E-state index is 12.1. The van der Waals surface area contributed by atoms with Crippen LogP contribution in [0.4, 0.5) is 4.79 Å². The highest BCUT2D eigenvalue weighted by atomic mass is 16.2. The van der Waals surface area contributed by atoms with Crippen LogP contribution in [0.5, 0.6) is 0 Å². The topological polar surface area (TPSA) is 76.0 Å². The fraction of sp³-hybridized carbons (Fsp3) is 0.357. The molecule has 1 aromatic carbocycles. The second-order valence-corrected chi connectivity index (χ2v) is 4.51. The van der Waals surface area contributed by atoms with Gasteiger partial charge in [-0.3, -0.25) is 4.79 Å².